The Hall–Kier alpha value is -0.610. The van der Waals surface area contributed by atoms with Crippen molar-refractivity contribution in [3.8, 4) is 0 Å². The highest BCUT2D eigenvalue weighted by molar-refractivity contribution is 7.99. The van der Waals surface area contributed by atoms with E-state index in [9.17, 15) is 8.78 Å². The van der Waals surface area contributed by atoms with Gasteiger partial charge in [0.25, 0.3) is 0 Å². The van der Waals surface area contributed by atoms with E-state index in [-0.39, 0.29) is 6.04 Å². The third-order valence-corrected chi connectivity index (χ3v) is 3.95. The molecule has 0 aromatic heterocycles. The minimum atomic E-state index is -0.781. The first-order valence-electron chi connectivity index (χ1n) is 4.93. The van der Waals surface area contributed by atoms with Gasteiger partial charge in [0, 0.05) is 22.6 Å². The molecule has 0 amide bonds. The molecule has 0 bridgehead atoms. The van der Waals surface area contributed by atoms with E-state index >= 15 is 0 Å². The van der Waals surface area contributed by atoms with E-state index in [1.807, 2.05) is 0 Å². The van der Waals surface area contributed by atoms with E-state index < -0.39 is 11.6 Å². The van der Waals surface area contributed by atoms with Crippen molar-refractivity contribution in [2.75, 3.05) is 0 Å². The molecule has 1 aliphatic rings. The molecule has 0 spiro atoms. The van der Waals surface area contributed by atoms with Crippen LogP contribution in [0.15, 0.2) is 12.1 Å². The van der Waals surface area contributed by atoms with Gasteiger partial charge in [-0.15, -0.1) is 0 Å². The molecule has 1 aromatic rings. The lowest BCUT2D eigenvalue weighted by atomic mass is 9.98. The van der Waals surface area contributed by atoms with Gasteiger partial charge in [0.2, 0.25) is 0 Å². The van der Waals surface area contributed by atoms with Gasteiger partial charge in [0.1, 0.15) is 0 Å². The number of rotatable bonds is 0. The average molecular weight is 229 g/mol. The summed E-state index contributed by atoms with van der Waals surface area (Å²) in [5.41, 5.74) is 7.15. The van der Waals surface area contributed by atoms with Crippen LogP contribution in [0.1, 0.15) is 30.5 Å². The highest BCUT2D eigenvalue weighted by Crippen LogP contribution is 2.35. The second kappa shape index (κ2) is 4.10. The van der Waals surface area contributed by atoms with Gasteiger partial charge in [-0.1, -0.05) is 13.0 Å². The lowest BCUT2D eigenvalue weighted by Crippen LogP contribution is -2.14. The van der Waals surface area contributed by atoms with E-state index in [0.29, 0.717) is 16.6 Å². The van der Waals surface area contributed by atoms with Crippen molar-refractivity contribution in [1.29, 1.82) is 0 Å². The summed E-state index contributed by atoms with van der Waals surface area (Å²) in [5, 5.41) is 0.384. The fourth-order valence-electron chi connectivity index (χ4n) is 1.88. The van der Waals surface area contributed by atoms with Gasteiger partial charge in [-0.3, -0.25) is 0 Å². The van der Waals surface area contributed by atoms with Gasteiger partial charge in [-0.2, -0.15) is 11.8 Å². The number of thioether (sulfide) groups is 1. The quantitative estimate of drug-likeness (QED) is 0.740. The first-order valence-corrected chi connectivity index (χ1v) is 5.98. The van der Waals surface area contributed by atoms with E-state index in [1.54, 1.807) is 17.8 Å². The predicted octanol–water partition coefficient (Wildman–Crippen LogP) is 2.99. The first-order chi connectivity index (χ1) is 7.09. The maximum Gasteiger partial charge on any atom is 0.163 e. The zero-order chi connectivity index (χ0) is 11.0. The van der Waals surface area contributed by atoms with E-state index in [2.05, 4.69) is 6.92 Å². The topological polar surface area (TPSA) is 26.0 Å². The molecule has 2 N–H and O–H groups in total. The predicted molar refractivity (Wildman–Crippen MR) is 58.7 cm³/mol. The van der Waals surface area contributed by atoms with Crippen molar-refractivity contribution >= 4 is 11.8 Å². The van der Waals surface area contributed by atoms with Crippen LogP contribution in [0.4, 0.5) is 8.78 Å². The van der Waals surface area contributed by atoms with Crippen LogP contribution in [-0.4, -0.2) is 5.25 Å². The maximum atomic E-state index is 13.5. The van der Waals surface area contributed by atoms with E-state index in [1.165, 1.54) is 0 Å². The van der Waals surface area contributed by atoms with E-state index in [4.69, 9.17) is 5.73 Å². The van der Waals surface area contributed by atoms with Crippen LogP contribution in [0.3, 0.4) is 0 Å². The SMILES string of the molecule is CC1C[C@@H](N)c2ccc(F)c(F)c2CS1. The Balaban J connectivity index is 2.48. The largest absolute Gasteiger partial charge is 0.324 e. The normalized spacial score (nSPS) is 25.9. The number of halogens is 2. The molecule has 0 fully saturated rings. The lowest BCUT2D eigenvalue weighted by molar-refractivity contribution is 0.498. The van der Waals surface area contributed by atoms with Crippen molar-refractivity contribution in [3.63, 3.8) is 0 Å². The Kier molecular flexibility index (Phi) is 2.98. The minimum absolute atomic E-state index is 0.180. The van der Waals surface area contributed by atoms with Crippen molar-refractivity contribution in [1.82, 2.24) is 0 Å². The highest BCUT2D eigenvalue weighted by Gasteiger charge is 2.23. The van der Waals surface area contributed by atoms with Crippen LogP contribution in [-0.2, 0) is 5.75 Å². The molecule has 15 heavy (non-hydrogen) atoms. The van der Waals surface area contributed by atoms with Crippen LogP contribution in [0.2, 0.25) is 0 Å². The Bertz CT molecular complexity index is 381. The first kappa shape index (κ1) is 10.9. The molecule has 4 heteroatoms. The number of benzene rings is 1. The van der Waals surface area contributed by atoms with Gasteiger partial charge in [-0.05, 0) is 18.1 Å². The third kappa shape index (κ3) is 2.01. The fourth-order valence-corrected chi connectivity index (χ4v) is 2.97. The smallest absolute Gasteiger partial charge is 0.163 e. The lowest BCUT2D eigenvalue weighted by Gasteiger charge is -2.13. The highest BCUT2D eigenvalue weighted by atomic mass is 32.2. The zero-order valence-electron chi connectivity index (χ0n) is 8.47. The molecule has 2 atom stereocenters. The average Bonchev–Trinajstić information content (AvgIpc) is 2.32. The maximum absolute atomic E-state index is 13.5. The van der Waals surface area contributed by atoms with Gasteiger partial charge in [0.05, 0.1) is 0 Å². The Morgan fingerprint density at radius 2 is 2.13 bits per heavy atom. The number of fused-ring (bicyclic) bond motifs is 1. The Morgan fingerprint density at radius 1 is 1.40 bits per heavy atom. The van der Waals surface area contributed by atoms with Crippen molar-refractivity contribution in [3.05, 3.63) is 34.9 Å². The molecule has 0 saturated heterocycles. The molecule has 1 aliphatic heterocycles. The van der Waals surface area contributed by atoms with Crippen LogP contribution < -0.4 is 5.73 Å². The number of nitrogens with two attached hydrogens (primary N) is 1. The van der Waals surface area contributed by atoms with Crippen LogP contribution in [0, 0.1) is 11.6 Å². The molecule has 1 nitrogen and oxygen atoms in total. The second-order valence-corrected chi connectivity index (χ2v) is 5.32. The summed E-state index contributed by atoms with van der Waals surface area (Å²) in [7, 11) is 0. The molecule has 0 saturated carbocycles. The van der Waals surface area contributed by atoms with Gasteiger partial charge < -0.3 is 5.73 Å². The van der Waals surface area contributed by atoms with Crippen LogP contribution in [0.25, 0.3) is 0 Å². The second-order valence-electron chi connectivity index (χ2n) is 3.89. The number of hydrogen-bond donors (Lipinski definition) is 1. The minimum Gasteiger partial charge on any atom is -0.324 e. The van der Waals surface area contributed by atoms with E-state index in [0.717, 1.165) is 18.1 Å². The molecular formula is C11H13F2NS. The zero-order valence-corrected chi connectivity index (χ0v) is 9.28. The fraction of sp³-hybridized carbons (Fsp3) is 0.455. The Labute approximate surface area is 92.0 Å². The van der Waals surface area contributed by atoms with Crippen LogP contribution in [0.5, 0.6) is 0 Å². The molecule has 1 aromatic carbocycles. The summed E-state index contributed by atoms with van der Waals surface area (Å²) in [6.45, 7) is 2.06. The van der Waals surface area contributed by atoms with Crippen LogP contribution >= 0.6 is 11.8 Å². The molecule has 1 heterocycles. The molecular weight excluding hydrogens is 216 g/mol. The summed E-state index contributed by atoms with van der Waals surface area (Å²) in [5.74, 6) is -1.01. The van der Waals surface area contributed by atoms with Gasteiger partial charge >= 0.3 is 0 Å². The molecule has 0 aliphatic carbocycles. The van der Waals surface area contributed by atoms with Gasteiger partial charge in [0.15, 0.2) is 11.6 Å². The standard InChI is InChI=1S/C11H13F2NS/c1-6-4-10(14)7-2-3-9(12)11(13)8(7)5-15-6/h2-3,6,10H,4-5,14H2,1H3/t6?,10-/m1/s1. The Morgan fingerprint density at radius 3 is 2.87 bits per heavy atom. The summed E-state index contributed by atoms with van der Waals surface area (Å²) in [6.07, 6.45) is 0.808. The third-order valence-electron chi connectivity index (χ3n) is 2.73. The molecule has 2 rings (SSSR count). The molecule has 0 radical (unpaired) electrons. The summed E-state index contributed by atoms with van der Waals surface area (Å²) < 4.78 is 26.6. The summed E-state index contributed by atoms with van der Waals surface area (Å²) >= 11 is 1.62. The van der Waals surface area contributed by atoms with Gasteiger partial charge in [-0.25, -0.2) is 8.78 Å². The molecule has 82 valence electrons. The monoisotopic (exact) mass is 229 g/mol. The summed E-state index contributed by atoms with van der Waals surface area (Å²) in [4.78, 5) is 0. The number of hydrogen-bond acceptors (Lipinski definition) is 2. The van der Waals surface area contributed by atoms with Crippen molar-refractivity contribution < 1.29 is 8.78 Å². The summed E-state index contributed by atoms with van der Waals surface area (Å²) in [6, 6.07) is 2.59. The molecule has 1 unspecified atom stereocenters. The van der Waals surface area contributed by atoms with Crippen molar-refractivity contribution in [2.24, 2.45) is 5.73 Å². The van der Waals surface area contributed by atoms with Crippen molar-refractivity contribution in [2.45, 2.75) is 30.4 Å².